The Morgan fingerprint density at radius 1 is 0.568 bits per heavy atom. The number of carbonyl (C=O) groups excluding carboxylic acids is 3. The van der Waals surface area contributed by atoms with Gasteiger partial charge in [0.25, 0.3) is 0 Å². The lowest BCUT2D eigenvalue weighted by Gasteiger charge is -2.22. The van der Waals surface area contributed by atoms with Gasteiger partial charge in [0.2, 0.25) is 0 Å². The molecule has 1 unspecified atom stereocenters. The van der Waals surface area contributed by atoms with E-state index in [2.05, 4.69) is 0 Å². The molecule has 0 bridgehead atoms. The van der Waals surface area contributed by atoms with Gasteiger partial charge in [0.15, 0.2) is 17.3 Å². The van der Waals surface area contributed by atoms with Crippen molar-refractivity contribution in [1.29, 1.82) is 0 Å². The molecule has 44 heavy (non-hydrogen) atoms. The van der Waals surface area contributed by atoms with Crippen LogP contribution in [0.3, 0.4) is 0 Å². The van der Waals surface area contributed by atoms with Gasteiger partial charge in [0.05, 0.1) is 10.8 Å². The zero-order chi connectivity index (χ0) is 31.7. The SMILES string of the molecule is CC(=O)c1ccccc1.Cc1ccc(S(=O)C(C)(C)C(=O)c2ccc(Sc3ccc(C(=O)c4ccccc4)cc3)cc2)cc1. The quantitative estimate of drug-likeness (QED) is 0.154. The maximum absolute atomic E-state index is 13.2. The highest BCUT2D eigenvalue weighted by Crippen LogP contribution is 2.30. The van der Waals surface area contributed by atoms with Crippen LogP contribution in [0.2, 0.25) is 0 Å². The first-order valence-electron chi connectivity index (χ1n) is 14.1. The normalized spacial score (nSPS) is 11.5. The van der Waals surface area contributed by atoms with Gasteiger partial charge in [-0.2, -0.15) is 0 Å². The zero-order valence-corrected chi connectivity index (χ0v) is 26.8. The lowest BCUT2D eigenvalue weighted by Crippen LogP contribution is -2.36. The van der Waals surface area contributed by atoms with E-state index in [1.807, 2.05) is 128 Å². The van der Waals surface area contributed by atoms with Crippen molar-refractivity contribution in [2.24, 2.45) is 0 Å². The molecule has 4 nitrogen and oxygen atoms in total. The third-order valence-electron chi connectivity index (χ3n) is 6.93. The number of hydrogen-bond donors (Lipinski definition) is 0. The average Bonchev–Trinajstić information content (AvgIpc) is 3.06. The van der Waals surface area contributed by atoms with Crippen LogP contribution >= 0.6 is 11.8 Å². The molecule has 0 heterocycles. The highest BCUT2D eigenvalue weighted by Gasteiger charge is 2.36. The third-order valence-corrected chi connectivity index (χ3v) is 9.76. The molecule has 5 rings (SSSR count). The number of Topliss-reactive ketones (excluding diaryl/α,β-unsaturated/α-hetero) is 2. The van der Waals surface area contributed by atoms with Crippen LogP contribution in [0.4, 0.5) is 0 Å². The van der Waals surface area contributed by atoms with Crippen molar-refractivity contribution in [2.45, 2.75) is 47.1 Å². The van der Waals surface area contributed by atoms with E-state index in [1.165, 1.54) is 0 Å². The predicted octanol–water partition coefficient (Wildman–Crippen LogP) is 9.04. The lowest BCUT2D eigenvalue weighted by molar-refractivity contribution is 0.0954. The van der Waals surface area contributed by atoms with Gasteiger partial charge in [-0.3, -0.25) is 18.6 Å². The zero-order valence-electron chi connectivity index (χ0n) is 25.2. The van der Waals surface area contributed by atoms with Crippen molar-refractivity contribution in [2.75, 3.05) is 0 Å². The monoisotopic (exact) mass is 618 g/mol. The van der Waals surface area contributed by atoms with E-state index in [4.69, 9.17) is 0 Å². The summed E-state index contributed by atoms with van der Waals surface area (Å²) in [5.74, 6) is -0.0389. The summed E-state index contributed by atoms with van der Waals surface area (Å²) in [6.45, 7) is 7.00. The minimum atomic E-state index is -1.47. The van der Waals surface area contributed by atoms with E-state index in [-0.39, 0.29) is 17.3 Å². The maximum Gasteiger partial charge on any atom is 0.193 e. The van der Waals surface area contributed by atoms with Gasteiger partial charge in [0.1, 0.15) is 4.75 Å². The van der Waals surface area contributed by atoms with Gasteiger partial charge in [-0.1, -0.05) is 102 Å². The third kappa shape index (κ3) is 8.37. The average molecular weight is 619 g/mol. The number of aryl methyl sites for hydroxylation is 1. The highest BCUT2D eigenvalue weighted by atomic mass is 32.2. The molecule has 5 aromatic carbocycles. The minimum Gasteiger partial charge on any atom is -0.295 e. The van der Waals surface area contributed by atoms with Crippen molar-refractivity contribution in [1.82, 2.24) is 0 Å². The summed E-state index contributed by atoms with van der Waals surface area (Å²) in [6, 6.07) is 40.8. The Morgan fingerprint density at radius 2 is 1.00 bits per heavy atom. The van der Waals surface area contributed by atoms with Crippen LogP contribution in [0.5, 0.6) is 0 Å². The van der Waals surface area contributed by atoms with Crippen molar-refractivity contribution >= 4 is 39.9 Å². The second-order valence-corrected chi connectivity index (χ2v) is 13.9. The first kappa shape index (κ1) is 32.5. The Morgan fingerprint density at radius 3 is 1.45 bits per heavy atom. The fourth-order valence-electron chi connectivity index (χ4n) is 4.30. The summed E-state index contributed by atoms with van der Waals surface area (Å²) in [6.07, 6.45) is 0. The van der Waals surface area contributed by atoms with Crippen LogP contribution < -0.4 is 0 Å². The van der Waals surface area contributed by atoms with Crippen molar-refractivity contribution in [3.05, 3.63) is 161 Å². The summed E-state index contributed by atoms with van der Waals surface area (Å²) >= 11 is 1.55. The number of ketones is 3. The Balaban J connectivity index is 0.000000421. The smallest absolute Gasteiger partial charge is 0.193 e. The largest absolute Gasteiger partial charge is 0.295 e. The van der Waals surface area contributed by atoms with Gasteiger partial charge in [0, 0.05) is 36.9 Å². The van der Waals surface area contributed by atoms with Crippen LogP contribution in [-0.2, 0) is 10.8 Å². The number of carbonyl (C=O) groups is 3. The molecule has 0 aromatic heterocycles. The van der Waals surface area contributed by atoms with E-state index in [0.29, 0.717) is 21.6 Å². The van der Waals surface area contributed by atoms with Gasteiger partial charge < -0.3 is 0 Å². The van der Waals surface area contributed by atoms with Crippen LogP contribution in [0, 0.1) is 6.92 Å². The van der Waals surface area contributed by atoms with E-state index < -0.39 is 15.5 Å². The number of rotatable bonds is 9. The Labute approximate surface area is 266 Å². The fourth-order valence-corrected chi connectivity index (χ4v) is 6.38. The van der Waals surface area contributed by atoms with Crippen molar-refractivity contribution < 1.29 is 18.6 Å². The fraction of sp³-hybridized carbons (Fsp3) is 0.132. The maximum atomic E-state index is 13.2. The molecule has 0 radical (unpaired) electrons. The minimum absolute atomic E-state index is 0.00402. The molecule has 0 amide bonds. The van der Waals surface area contributed by atoms with E-state index in [1.54, 1.807) is 44.7 Å². The topological polar surface area (TPSA) is 68.3 Å². The molecule has 0 saturated heterocycles. The van der Waals surface area contributed by atoms with Crippen LogP contribution in [0.15, 0.2) is 148 Å². The van der Waals surface area contributed by atoms with Crippen LogP contribution in [0.25, 0.3) is 0 Å². The first-order chi connectivity index (χ1) is 21.1. The molecule has 0 aliphatic rings. The standard InChI is InChI=1S/C30H26O3S2.C8H8O/c1-21-9-19-27(20-10-21)35(33)30(2,3)29(32)24-13-17-26(18-14-24)34-25-15-11-23(12-16-25)28(31)22-7-5-4-6-8-22;1-7(9)8-5-3-2-4-6-8/h4-20H,1-3H3;2-6H,1H3. The molecule has 0 fully saturated rings. The summed E-state index contributed by atoms with van der Waals surface area (Å²) in [5, 5.41) is 0. The lowest BCUT2D eigenvalue weighted by atomic mass is 10.0. The Kier molecular flexibility index (Phi) is 11.0. The molecule has 1 atom stereocenters. The Hall–Kier alpha value is -4.39. The molecular weight excluding hydrogens is 585 g/mol. The van der Waals surface area contributed by atoms with Crippen LogP contribution in [-0.4, -0.2) is 26.3 Å². The molecule has 0 N–H and O–H groups in total. The first-order valence-corrected chi connectivity index (χ1v) is 16.1. The molecular formula is C38H34O4S2. The summed E-state index contributed by atoms with van der Waals surface area (Å²) in [4.78, 5) is 39.1. The summed E-state index contributed by atoms with van der Waals surface area (Å²) in [7, 11) is -1.47. The molecule has 0 saturated carbocycles. The van der Waals surface area contributed by atoms with E-state index in [0.717, 1.165) is 20.9 Å². The summed E-state index contributed by atoms with van der Waals surface area (Å²) in [5.41, 5.74) is 3.70. The number of hydrogen-bond acceptors (Lipinski definition) is 5. The summed E-state index contributed by atoms with van der Waals surface area (Å²) < 4.78 is 12.1. The predicted molar refractivity (Wildman–Crippen MR) is 179 cm³/mol. The molecule has 0 spiro atoms. The van der Waals surface area contributed by atoms with Crippen molar-refractivity contribution in [3.63, 3.8) is 0 Å². The Bertz CT molecular complexity index is 1740. The second kappa shape index (κ2) is 14.9. The molecule has 0 aliphatic carbocycles. The van der Waals surface area contributed by atoms with Gasteiger partial charge in [-0.25, -0.2) is 0 Å². The van der Waals surface area contributed by atoms with E-state index in [9.17, 15) is 18.6 Å². The molecule has 222 valence electrons. The van der Waals surface area contributed by atoms with E-state index >= 15 is 0 Å². The van der Waals surface area contributed by atoms with Gasteiger partial charge >= 0.3 is 0 Å². The van der Waals surface area contributed by atoms with Gasteiger partial charge in [-0.15, -0.1) is 0 Å². The molecule has 5 aromatic rings. The van der Waals surface area contributed by atoms with Gasteiger partial charge in [-0.05, 0) is 76.2 Å². The van der Waals surface area contributed by atoms with Crippen molar-refractivity contribution in [3.8, 4) is 0 Å². The second-order valence-electron chi connectivity index (χ2n) is 10.7. The van der Waals surface area contributed by atoms with Crippen LogP contribution in [0.1, 0.15) is 63.0 Å². The number of benzene rings is 5. The highest BCUT2D eigenvalue weighted by molar-refractivity contribution is 7.99. The molecule has 6 heteroatoms. The molecule has 0 aliphatic heterocycles.